The number of fused-ring (bicyclic) bond motifs is 1. The van der Waals surface area contributed by atoms with Gasteiger partial charge in [0.25, 0.3) is 0 Å². The molecule has 0 saturated heterocycles. The Morgan fingerprint density at radius 2 is 1.75 bits per heavy atom. The quantitative estimate of drug-likeness (QED) is 0.763. The highest BCUT2D eigenvalue weighted by Gasteiger charge is 2.54. The normalized spacial score (nSPS) is 19.8. The number of hydrogen-bond acceptors (Lipinski definition) is 3. The molecule has 16 heavy (non-hydrogen) atoms. The van der Waals surface area contributed by atoms with Gasteiger partial charge in [0.1, 0.15) is 0 Å². The molecule has 0 unspecified atom stereocenters. The van der Waals surface area contributed by atoms with Crippen molar-refractivity contribution < 1.29 is 14.3 Å². The summed E-state index contributed by atoms with van der Waals surface area (Å²) in [5.41, 5.74) is 1.88. The summed E-state index contributed by atoms with van der Waals surface area (Å²) in [5, 5.41) is 0. The van der Waals surface area contributed by atoms with Crippen LogP contribution >= 0.6 is 0 Å². The number of carbonyl (C=O) groups is 1. The third-order valence-electron chi connectivity index (χ3n) is 3.72. The molecule has 0 heterocycles. The van der Waals surface area contributed by atoms with E-state index in [9.17, 15) is 4.79 Å². The van der Waals surface area contributed by atoms with Gasteiger partial charge in [-0.25, -0.2) is 0 Å². The van der Waals surface area contributed by atoms with Gasteiger partial charge in [-0.1, -0.05) is 0 Å². The highest BCUT2D eigenvalue weighted by Crippen LogP contribution is 2.56. The van der Waals surface area contributed by atoms with E-state index in [-0.39, 0.29) is 5.41 Å². The van der Waals surface area contributed by atoms with Crippen LogP contribution in [-0.4, -0.2) is 20.0 Å². The SMILES string of the molecule is COc1cc2c(cc1OC)C(=O)C1(CC1)C2. The molecule has 1 aromatic rings. The molecule has 0 N–H and O–H groups in total. The lowest BCUT2D eigenvalue weighted by molar-refractivity contribution is 0.0919. The first-order valence-electron chi connectivity index (χ1n) is 5.50. The van der Waals surface area contributed by atoms with Crippen LogP contribution in [0.4, 0.5) is 0 Å². The highest BCUT2D eigenvalue weighted by molar-refractivity contribution is 6.07. The predicted molar refractivity (Wildman–Crippen MR) is 59.2 cm³/mol. The maximum absolute atomic E-state index is 12.2. The fourth-order valence-corrected chi connectivity index (χ4v) is 2.56. The van der Waals surface area contributed by atoms with Gasteiger partial charge in [-0.05, 0) is 37.0 Å². The van der Waals surface area contributed by atoms with Crippen molar-refractivity contribution in [3.8, 4) is 11.5 Å². The third-order valence-corrected chi connectivity index (χ3v) is 3.72. The number of carbonyl (C=O) groups excluding carboxylic acids is 1. The second-order valence-electron chi connectivity index (χ2n) is 4.65. The fourth-order valence-electron chi connectivity index (χ4n) is 2.56. The van der Waals surface area contributed by atoms with Crippen molar-refractivity contribution in [2.75, 3.05) is 14.2 Å². The van der Waals surface area contributed by atoms with E-state index in [1.54, 1.807) is 14.2 Å². The number of ketones is 1. The molecule has 3 heteroatoms. The average molecular weight is 218 g/mol. The predicted octanol–water partition coefficient (Wildman–Crippen LogP) is 2.22. The summed E-state index contributed by atoms with van der Waals surface area (Å²) in [7, 11) is 3.21. The number of hydrogen-bond donors (Lipinski definition) is 0. The third kappa shape index (κ3) is 1.11. The van der Waals surface area contributed by atoms with Crippen LogP contribution in [0.15, 0.2) is 12.1 Å². The van der Waals surface area contributed by atoms with E-state index in [1.807, 2.05) is 12.1 Å². The van der Waals surface area contributed by atoms with Crippen molar-refractivity contribution in [1.82, 2.24) is 0 Å². The molecule has 0 radical (unpaired) electrons. The van der Waals surface area contributed by atoms with E-state index >= 15 is 0 Å². The van der Waals surface area contributed by atoms with Gasteiger partial charge in [0.05, 0.1) is 14.2 Å². The lowest BCUT2D eigenvalue weighted by Crippen LogP contribution is -2.08. The Labute approximate surface area is 94.4 Å². The molecule has 1 aromatic carbocycles. The molecule has 3 rings (SSSR count). The summed E-state index contributed by atoms with van der Waals surface area (Å²) in [4.78, 5) is 12.2. The summed E-state index contributed by atoms with van der Waals surface area (Å²) < 4.78 is 10.5. The number of Topliss-reactive ketones (excluding diaryl/α,β-unsaturated/α-hetero) is 1. The summed E-state index contributed by atoms with van der Waals surface area (Å²) in [6.07, 6.45) is 2.94. The van der Waals surface area contributed by atoms with Crippen molar-refractivity contribution in [2.24, 2.45) is 5.41 Å². The van der Waals surface area contributed by atoms with Gasteiger partial charge in [0, 0.05) is 11.0 Å². The van der Waals surface area contributed by atoms with E-state index in [0.717, 1.165) is 30.4 Å². The van der Waals surface area contributed by atoms with Gasteiger partial charge in [-0.3, -0.25) is 4.79 Å². The summed E-state index contributed by atoms with van der Waals surface area (Å²) in [5.74, 6) is 1.66. The zero-order valence-corrected chi connectivity index (χ0v) is 9.50. The van der Waals surface area contributed by atoms with E-state index in [1.165, 1.54) is 0 Å². The first-order chi connectivity index (χ1) is 7.70. The maximum Gasteiger partial charge on any atom is 0.169 e. The molecule has 84 valence electrons. The van der Waals surface area contributed by atoms with Gasteiger partial charge < -0.3 is 9.47 Å². The van der Waals surface area contributed by atoms with E-state index in [2.05, 4.69) is 0 Å². The van der Waals surface area contributed by atoms with Crippen molar-refractivity contribution >= 4 is 5.78 Å². The largest absolute Gasteiger partial charge is 0.493 e. The molecular weight excluding hydrogens is 204 g/mol. The van der Waals surface area contributed by atoms with Crippen molar-refractivity contribution in [3.05, 3.63) is 23.3 Å². The Bertz CT molecular complexity index is 472. The van der Waals surface area contributed by atoms with Crippen molar-refractivity contribution in [1.29, 1.82) is 0 Å². The number of methoxy groups -OCH3 is 2. The topological polar surface area (TPSA) is 35.5 Å². The Hall–Kier alpha value is -1.51. The van der Waals surface area contributed by atoms with Crippen LogP contribution in [0.2, 0.25) is 0 Å². The minimum absolute atomic E-state index is 0.0558. The Kier molecular flexibility index (Phi) is 1.82. The zero-order valence-electron chi connectivity index (χ0n) is 9.50. The Morgan fingerprint density at radius 3 is 2.31 bits per heavy atom. The second kappa shape index (κ2) is 3.00. The maximum atomic E-state index is 12.2. The standard InChI is InChI=1S/C13H14O3/c1-15-10-5-8-7-13(3-4-13)12(14)9(8)6-11(10)16-2/h5-6H,3-4,7H2,1-2H3. The molecule has 1 fully saturated rings. The van der Waals surface area contributed by atoms with Crippen LogP contribution in [0.5, 0.6) is 11.5 Å². The van der Waals surface area contributed by atoms with Gasteiger partial charge in [-0.15, -0.1) is 0 Å². The van der Waals surface area contributed by atoms with Gasteiger partial charge in [0.2, 0.25) is 0 Å². The van der Waals surface area contributed by atoms with Crippen molar-refractivity contribution in [2.45, 2.75) is 19.3 Å². The lowest BCUT2D eigenvalue weighted by Gasteiger charge is -2.09. The highest BCUT2D eigenvalue weighted by atomic mass is 16.5. The second-order valence-corrected chi connectivity index (χ2v) is 4.65. The summed E-state index contributed by atoms with van der Waals surface area (Å²) >= 11 is 0. The molecule has 1 spiro atoms. The van der Waals surface area contributed by atoms with E-state index < -0.39 is 0 Å². The van der Waals surface area contributed by atoms with Crippen LogP contribution in [0.25, 0.3) is 0 Å². The van der Waals surface area contributed by atoms with E-state index in [0.29, 0.717) is 17.3 Å². The molecule has 0 amide bonds. The molecule has 0 bridgehead atoms. The molecule has 3 nitrogen and oxygen atoms in total. The molecule has 0 aliphatic heterocycles. The lowest BCUT2D eigenvalue weighted by atomic mass is 10.0. The monoisotopic (exact) mass is 218 g/mol. The zero-order chi connectivity index (χ0) is 11.3. The molecule has 2 aliphatic rings. The van der Waals surface area contributed by atoms with Gasteiger partial charge >= 0.3 is 0 Å². The number of benzene rings is 1. The molecule has 0 atom stereocenters. The molecular formula is C13H14O3. The molecule has 2 aliphatic carbocycles. The van der Waals surface area contributed by atoms with Crippen LogP contribution in [-0.2, 0) is 6.42 Å². The van der Waals surface area contributed by atoms with Gasteiger partial charge in [0.15, 0.2) is 17.3 Å². The summed E-state index contributed by atoms with van der Waals surface area (Å²) in [6, 6.07) is 3.77. The number of ether oxygens (including phenoxy) is 2. The molecule has 1 saturated carbocycles. The summed E-state index contributed by atoms with van der Waals surface area (Å²) in [6.45, 7) is 0. The minimum atomic E-state index is -0.0558. The first kappa shape index (κ1) is 9.70. The first-order valence-corrected chi connectivity index (χ1v) is 5.50. The number of rotatable bonds is 2. The molecule has 0 aromatic heterocycles. The van der Waals surface area contributed by atoms with Gasteiger partial charge in [-0.2, -0.15) is 0 Å². The minimum Gasteiger partial charge on any atom is -0.493 e. The average Bonchev–Trinajstić information content (AvgIpc) is 3.02. The van der Waals surface area contributed by atoms with Crippen LogP contribution in [0.1, 0.15) is 28.8 Å². The van der Waals surface area contributed by atoms with Crippen LogP contribution < -0.4 is 9.47 Å². The fraction of sp³-hybridized carbons (Fsp3) is 0.462. The van der Waals surface area contributed by atoms with Crippen LogP contribution in [0, 0.1) is 5.41 Å². The van der Waals surface area contributed by atoms with Crippen molar-refractivity contribution in [3.63, 3.8) is 0 Å². The Morgan fingerprint density at radius 1 is 1.12 bits per heavy atom. The van der Waals surface area contributed by atoms with Crippen LogP contribution in [0.3, 0.4) is 0 Å². The van der Waals surface area contributed by atoms with E-state index in [4.69, 9.17) is 9.47 Å². The Balaban J connectivity index is 2.12. The smallest absolute Gasteiger partial charge is 0.169 e.